The van der Waals surface area contributed by atoms with Gasteiger partial charge in [0.2, 0.25) is 5.13 Å². The Bertz CT molecular complexity index is 774. The van der Waals surface area contributed by atoms with Gasteiger partial charge in [-0.15, -0.1) is 10.2 Å². The number of aryl methyl sites for hydroxylation is 1. The largest absolute Gasteiger partial charge is 0.481 e. The molecule has 2 heterocycles. The lowest BCUT2D eigenvalue weighted by Crippen LogP contribution is -2.19. The molecule has 8 nitrogen and oxygen atoms in total. The molecule has 26 heavy (non-hydrogen) atoms. The lowest BCUT2D eigenvalue weighted by atomic mass is 10.0. The zero-order valence-electron chi connectivity index (χ0n) is 14.1. The van der Waals surface area contributed by atoms with Gasteiger partial charge in [0.15, 0.2) is 0 Å². The molecule has 1 saturated heterocycles. The summed E-state index contributed by atoms with van der Waals surface area (Å²) < 4.78 is 5.34. The molecular formula is C17H20N4O4S. The Hall–Kier alpha value is -2.52. The number of benzene rings is 1. The van der Waals surface area contributed by atoms with Crippen LogP contribution in [0.15, 0.2) is 24.3 Å². The Morgan fingerprint density at radius 3 is 2.81 bits per heavy atom. The number of urea groups is 1. The smallest absolute Gasteiger partial charge is 0.325 e. The summed E-state index contributed by atoms with van der Waals surface area (Å²) >= 11 is 1.38. The van der Waals surface area contributed by atoms with Gasteiger partial charge in [0, 0.05) is 31.2 Å². The molecule has 1 aliphatic heterocycles. The lowest BCUT2D eigenvalue weighted by Gasteiger charge is -2.18. The Labute approximate surface area is 154 Å². The fourth-order valence-electron chi connectivity index (χ4n) is 2.71. The van der Waals surface area contributed by atoms with Crippen molar-refractivity contribution in [2.45, 2.75) is 31.6 Å². The lowest BCUT2D eigenvalue weighted by molar-refractivity contribution is -0.136. The summed E-state index contributed by atoms with van der Waals surface area (Å²) in [5, 5.41) is 23.7. The Morgan fingerprint density at radius 1 is 1.23 bits per heavy atom. The van der Waals surface area contributed by atoms with E-state index in [1.165, 1.54) is 11.3 Å². The standard InChI is InChI=1S/C17H20N4O4S/c22-14(23)5-4-11-2-1-3-13(10-11)18-16(24)19-17-21-20-15(26-17)12-6-8-25-9-7-12/h1-3,10,12H,4-9H2,(H,22,23)(H2,18,19,21,24). The van der Waals surface area contributed by atoms with E-state index in [0.717, 1.165) is 36.6 Å². The summed E-state index contributed by atoms with van der Waals surface area (Å²) in [6, 6.07) is 6.71. The number of nitrogens with one attached hydrogen (secondary N) is 2. The number of anilines is 2. The van der Waals surface area contributed by atoms with Crippen molar-refractivity contribution in [3.05, 3.63) is 34.8 Å². The average molecular weight is 376 g/mol. The number of carbonyl (C=O) groups excluding carboxylic acids is 1. The van der Waals surface area contributed by atoms with Gasteiger partial charge >= 0.3 is 12.0 Å². The van der Waals surface area contributed by atoms with E-state index >= 15 is 0 Å². The summed E-state index contributed by atoms with van der Waals surface area (Å²) in [7, 11) is 0. The van der Waals surface area contributed by atoms with Crippen LogP contribution in [0.5, 0.6) is 0 Å². The summed E-state index contributed by atoms with van der Waals surface area (Å²) in [6.07, 6.45) is 2.31. The van der Waals surface area contributed by atoms with Gasteiger partial charge in [0.05, 0.1) is 0 Å². The summed E-state index contributed by atoms with van der Waals surface area (Å²) in [6.45, 7) is 1.46. The first-order valence-electron chi connectivity index (χ1n) is 8.40. The molecule has 0 spiro atoms. The highest BCUT2D eigenvalue weighted by Gasteiger charge is 2.20. The van der Waals surface area contributed by atoms with E-state index in [9.17, 15) is 9.59 Å². The van der Waals surface area contributed by atoms with Crippen LogP contribution >= 0.6 is 11.3 Å². The molecule has 0 atom stereocenters. The van der Waals surface area contributed by atoms with Crippen molar-refractivity contribution in [2.24, 2.45) is 0 Å². The molecule has 1 aromatic heterocycles. The second kappa shape index (κ2) is 8.72. The van der Waals surface area contributed by atoms with E-state index in [1.807, 2.05) is 6.07 Å². The topological polar surface area (TPSA) is 113 Å². The van der Waals surface area contributed by atoms with E-state index in [-0.39, 0.29) is 6.42 Å². The van der Waals surface area contributed by atoms with Crippen molar-refractivity contribution in [2.75, 3.05) is 23.8 Å². The van der Waals surface area contributed by atoms with Crippen LogP contribution in [0.1, 0.15) is 35.8 Å². The maximum absolute atomic E-state index is 12.1. The molecule has 0 saturated carbocycles. The second-order valence-corrected chi connectivity index (χ2v) is 7.01. The molecule has 9 heteroatoms. The molecule has 3 rings (SSSR count). The number of ether oxygens (including phenoxy) is 1. The molecule has 1 fully saturated rings. The second-order valence-electron chi connectivity index (χ2n) is 6.01. The van der Waals surface area contributed by atoms with E-state index in [4.69, 9.17) is 9.84 Å². The van der Waals surface area contributed by atoms with Gasteiger partial charge in [-0.05, 0) is 37.0 Å². The fourth-order valence-corrected chi connectivity index (χ4v) is 3.62. The summed E-state index contributed by atoms with van der Waals surface area (Å²) in [5.74, 6) is -0.511. The highest BCUT2D eigenvalue weighted by atomic mass is 32.1. The maximum Gasteiger partial charge on any atom is 0.325 e. The predicted octanol–water partition coefficient (Wildman–Crippen LogP) is 3.09. The summed E-state index contributed by atoms with van der Waals surface area (Å²) in [4.78, 5) is 22.8. The van der Waals surface area contributed by atoms with Crippen molar-refractivity contribution >= 4 is 34.2 Å². The van der Waals surface area contributed by atoms with Crippen LogP contribution in [0.3, 0.4) is 0 Å². The molecule has 1 aromatic carbocycles. The minimum Gasteiger partial charge on any atom is -0.481 e. The van der Waals surface area contributed by atoms with E-state index < -0.39 is 12.0 Å². The number of aliphatic carboxylic acids is 1. The van der Waals surface area contributed by atoms with Crippen LogP contribution in [0.25, 0.3) is 0 Å². The number of aromatic nitrogens is 2. The Kier molecular flexibility index (Phi) is 6.13. The van der Waals surface area contributed by atoms with Gasteiger partial charge in [-0.2, -0.15) is 0 Å². The van der Waals surface area contributed by atoms with E-state index in [0.29, 0.717) is 23.2 Å². The Morgan fingerprint density at radius 2 is 2.04 bits per heavy atom. The fraction of sp³-hybridized carbons (Fsp3) is 0.412. The van der Waals surface area contributed by atoms with Gasteiger partial charge in [0.25, 0.3) is 0 Å². The number of amides is 2. The van der Waals surface area contributed by atoms with Crippen LogP contribution in [0, 0.1) is 0 Å². The first kappa shape index (κ1) is 18.3. The molecule has 138 valence electrons. The predicted molar refractivity (Wildman–Crippen MR) is 97.7 cm³/mol. The number of hydrogen-bond donors (Lipinski definition) is 3. The molecule has 0 unspecified atom stereocenters. The third kappa shape index (κ3) is 5.24. The van der Waals surface area contributed by atoms with E-state index in [1.54, 1.807) is 18.2 Å². The van der Waals surface area contributed by atoms with Crippen molar-refractivity contribution in [1.82, 2.24) is 10.2 Å². The summed E-state index contributed by atoms with van der Waals surface area (Å²) in [5.41, 5.74) is 1.45. The molecular weight excluding hydrogens is 356 g/mol. The van der Waals surface area contributed by atoms with Crippen molar-refractivity contribution in [1.29, 1.82) is 0 Å². The third-order valence-corrected chi connectivity index (χ3v) is 5.05. The van der Waals surface area contributed by atoms with Crippen LogP contribution in [-0.2, 0) is 16.0 Å². The molecule has 3 N–H and O–H groups in total. The van der Waals surface area contributed by atoms with E-state index in [2.05, 4.69) is 20.8 Å². The SMILES string of the molecule is O=C(O)CCc1cccc(NC(=O)Nc2nnc(C3CCOCC3)s2)c1. The normalized spacial score (nSPS) is 14.8. The minimum atomic E-state index is -0.849. The zero-order valence-corrected chi connectivity index (χ0v) is 14.9. The molecule has 2 amide bonds. The first-order chi connectivity index (χ1) is 12.6. The maximum atomic E-state index is 12.1. The van der Waals surface area contributed by atoms with Crippen molar-refractivity contribution in [3.8, 4) is 0 Å². The minimum absolute atomic E-state index is 0.0510. The van der Waals surface area contributed by atoms with Crippen LogP contribution in [-0.4, -0.2) is 40.5 Å². The average Bonchev–Trinajstić information content (AvgIpc) is 3.09. The third-order valence-electron chi connectivity index (χ3n) is 4.04. The highest BCUT2D eigenvalue weighted by Crippen LogP contribution is 2.30. The van der Waals surface area contributed by atoms with Crippen LogP contribution in [0.2, 0.25) is 0 Å². The Balaban J connectivity index is 1.54. The number of carbonyl (C=O) groups is 2. The monoisotopic (exact) mass is 376 g/mol. The van der Waals surface area contributed by atoms with Crippen molar-refractivity contribution in [3.63, 3.8) is 0 Å². The molecule has 1 aliphatic rings. The molecule has 0 bridgehead atoms. The van der Waals surface area contributed by atoms with Crippen molar-refractivity contribution < 1.29 is 19.4 Å². The number of rotatable bonds is 6. The van der Waals surface area contributed by atoms with Gasteiger partial charge in [-0.3, -0.25) is 10.1 Å². The quantitative estimate of drug-likeness (QED) is 0.714. The van der Waals surface area contributed by atoms with Gasteiger partial charge in [0.1, 0.15) is 5.01 Å². The first-order valence-corrected chi connectivity index (χ1v) is 9.21. The number of hydrogen-bond acceptors (Lipinski definition) is 6. The van der Waals surface area contributed by atoms with Crippen LogP contribution < -0.4 is 10.6 Å². The highest BCUT2D eigenvalue weighted by molar-refractivity contribution is 7.15. The number of carboxylic acid groups (broad SMARTS) is 1. The molecule has 2 aromatic rings. The van der Waals surface area contributed by atoms with Gasteiger partial charge in [-0.25, -0.2) is 4.79 Å². The van der Waals surface area contributed by atoms with Crippen LogP contribution in [0.4, 0.5) is 15.6 Å². The number of nitrogens with zero attached hydrogens (tertiary/aromatic N) is 2. The zero-order chi connectivity index (χ0) is 18.4. The van der Waals surface area contributed by atoms with Gasteiger partial charge < -0.3 is 15.2 Å². The molecule has 0 aliphatic carbocycles. The number of carboxylic acids is 1. The van der Waals surface area contributed by atoms with Gasteiger partial charge in [-0.1, -0.05) is 23.5 Å². The molecule has 0 radical (unpaired) electrons.